The smallest absolute Gasteiger partial charge is 0.166 e. The molecule has 156 valence electrons. The van der Waals surface area contributed by atoms with Crippen LogP contribution in [0.4, 0.5) is 14.6 Å². The monoisotopic (exact) mass is 473 g/mol. The van der Waals surface area contributed by atoms with E-state index in [9.17, 15) is 13.9 Å². The van der Waals surface area contributed by atoms with Gasteiger partial charge in [-0.15, -0.1) is 0 Å². The molecule has 0 spiro atoms. The second kappa shape index (κ2) is 9.10. The second-order valence-corrected chi connectivity index (χ2v) is 8.28. The van der Waals surface area contributed by atoms with Gasteiger partial charge in [-0.25, -0.2) is 13.8 Å². The lowest BCUT2D eigenvalue weighted by atomic mass is 10.0. The van der Waals surface area contributed by atoms with Crippen LogP contribution in [0.25, 0.3) is 22.4 Å². The zero-order valence-corrected chi connectivity index (χ0v) is 17.9. The number of nitrogens with one attached hydrogen (secondary N) is 1. The van der Waals surface area contributed by atoms with Crippen LogP contribution in [-0.4, -0.2) is 41.2 Å². The van der Waals surface area contributed by atoms with E-state index < -0.39 is 11.6 Å². The third-order valence-electron chi connectivity index (χ3n) is 5.26. The van der Waals surface area contributed by atoms with Gasteiger partial charge in [0.2, 0.25) is 0 Å². The highest BCUT2D eigenvalue weighted by Gasteiger charge is 2.16. The maximum absolute atomic E-state index is 14.5. The molecule has 4 rings (SSSR count). The number of aromatic hydroxyl groups is 1. The summed E-state index contributed by atoms with van der Waals surface area (Å²) in [5, 5.41) is 13.6. The quantitative estimate of drug-likeness (QED) is 0.484. The first-order valence-electron chi connectivity index (χ1n) is 9.93. The lowest BCUT2D eigenvalue weighted by Gasteiger charge is -2.16. The van der Waals surface area contributed by atoms with Gasteiger partial charge in [-0.05, 0) is 67.9 Å². The Morgan fingerprint density at radius 1 is 1.03 bits per heavy atom. The lowest BCUT2D eigenvalue weighted by Crippen LogP contribution is -2.26. The Hall–Kier alpha value is -2.51. The molecule has 1 aliphatic rings. The first-order chi connectivity index (χ1) is 14.5. The van der Waals surface area contributed by atoms with Gasteiger partial charge in [-0.3, -0.25) is 0 Å². The number of anilines is 1. The van der Waals surface area contributed by atoms with Crippen LogP contribution >= 0.6 is 15.9 Å². The maximum atomic E-state index is 14.5. The molecule has 1 saturated heterocycles. The fourth-order valence-corrected chi connectivity index (χ4v) is 4.06. The molecule has 30 heavy (non-hydrogen) atoms. The van der Waals surface area contributed by atoms with Crippen molar-refractivity contribution in [2.24, 2.45) is 0 Å². The van der Waals surface area contributed by atoms with Gasteiger partial charge >= 0.3 is 0 Å². The van der Waals surface area contributed by atoms with Crippen molar-refractivity contribution < 1.29 is 13.9 Å². The zero-order chi connectivity index (χ0) is 21.1. The van der Waals surface area contributed by atoms with Crippen molar-refractivity contribution in [2.75, 3.05) is 31.5 Å². The standard InChI is InChI=1S/C23H22BrF2N3O/c24-16-6-7-21(30)18(14-16)20-12-15(17-4-3-5-19(25)23(17)26)13-22(28-20)27-8-11-29-9-1-2-10-29/h3-7,12-14,30H,1-2,8-11H2,(H,27,28). The third kappa shape index (κ3) is 4.63. The van der Waals surface area contributed by atoms with Crippen LogP contribution in [0.3, 0.4) is 0 Å². The van der Waals surface area contributed by atoms with Gasteiger partial charge in [-0.2, -0.15) is 0 Å². The number of pyridine rings is 1. The van der Waals surface area contributed by atoms with E-state index in [-0.39, 0.29) is 11.3 Å². The van der Waals surface area contributed by atoms with Gasteiger partial charge in [-0.1, -0.05) is 28.1 Å². The van der Waals surface area contributed by atoms with Crippen LogP contribution in [0.1, 0.15) is 12.8 Å². The summed E-state index contributed by atoms with van der Waals surface area (Å²) in [4.78, 5) is 7.00. The molecule has 7 heteroatoms. The van der Waals surface area contributed by atoms with E-state index in [1.807, 2.05) is 0 Å². The summed E-state index contributed by atoms with van der Waals surface area (Å²) in [7, 11) is 0. The van der Waals surface area contributed by atoms with Crippen molar-refractivity contribution in [3.05, 3.63) is 64.6 Å². The second-order valence-electron chi connectivity index (χ2n) is 7.36. The molecule has 0 unspecified atom stereocenters. The number of hydrogen-bond acceptors (Lipinski definition) is 4. The van der Waals surface area contributed by atoms with Crippen LogP contribution in [0.2, 0.25) is 0 Å². The number of phenols is 1. The Bertz CT molecular complexity index is 1030. The fourth-order valence-electron chi connectivity index (χ4n) is 3.70. The molecule has 1 aliphatic heterocycles. The summed E-state index contributed by atoms with van der Waals surface area (Å²) in [5.41, 5.74) is 1.61. The van der Waals surface area contributed by atoms with Crippen LogP contribution in [-0.2, 0) is 0 Å². The van der Waals surface area contributed by atoms with Gasteiger partial charge in [0.1, 0.15) is 11.6 Å². The Balaban J connectivity index is 1.71. The summed E-state index contributed by atoms with van der Waals surface area (Å²) in [6, 6.07) is 12.5. The number of phenolic OH excluding ortho intramolecular Hbond substituents is 1. The number of hydrogen-bond donors (Lipinski definition) is 2. The molecule has 0 amide bonds. The Kier molecular flexibility index (Phi) is 6.29. The Labute approximate surface area is 182 Å². The first kappa shape index (κ1) is 20.8. The largest absolute Gasteiger partial charge is 0.507 e. The molecule has 0 radical (unpaired) electrons. The van der Waals surface area contributed by atoms with Crippen molar-refractivity contribution >= 4 is 21.7 Å². The highest BCUT2D eigenvalue weighted by atomic mass is 79.9. The molecule has 0 bridgehead atoms. The molecule has 3 aromatic rings. The van der Waals surface area contributed by atoms with Crippen LogP contribution in [0.5, 0.6) is 5.75 Å². The molecule has 2 aromatic carbocycles. The minimum Gasteiger partial charge on any atom is -0.507 e. The molecule has 1 aromatic heterocycles. The third-order valence-corrected chi connectivity index (χ3v) is 5.75. The summed E-state index contributed by atoms with van der Waals surface area (Å²) < 4.78 is 29.1. The zero-order valence-electron chi connectivity index (χ0n) is 16.3. The molecule has 2 N–H and O–H groups in total. The summed E-state index contributed by atoms with van der Waals surface area (Å²) >= 11 is 3.41. The first-order valence-corrected chi connectivity index (χ1v) is 10.7. The Morgan fingerprint density at radius 2 is 1.83 bits per heavy atom. The van der Waals surface area contributed by atoms with E-state index in [1.165, 1.54) is 25.0 Å². The normalized spacial score (nSPS) is 14.2. The predicted octanol–water partition coefficient (Wildman–Crippen LogP) is 5.67. The van der Waals surface area contributed by atoms with E-state index in [0.717, 1.165) is 30.2 Å². The molecule has 1 fully saturated rings. The van der Waals surface area contributed by atoms with Crippen LogP contribution < -0.4 is 5.32 Å². The van der Waals surface area contributed by atoms with E-state index in [1.54, 1.807) is 30.3 Å². The van der Waals surface area contributed by atoms with E-state index >= 15 is 0 Å². The SMILES string of the molecule is Oc1ccc(Br)cc1-c1cc(-c2cccc(F)c2F)cc(NCCN2CCCC2)n1. The van der Waals surface area contributed by atoms with Crippen LogP contribution in [0.15, 0.2) is 53.0 Å². The molecule has 0 atom stereocenters. The lowest BCUT2D eigenvalue weighted by molar-refractivity contribution is 0.352. The summed E-state index contributed by atoms with van der Waals surface area (Å²) in [5.74, 6) is -1.20. The van der Waals surface area contributed by atoms with Crippen molar-refractivity contribution in [3.8, 4) is 28.1 Å². The van der Waals surface area contributed by atoms with Gasteiger partial charge in [0.05, 0.1) is 5.69 Å². The van der Waals surface area contributed by atoms with E-state index in [2.05, 4.69) is 31.1 Å². The van der Waals surface area contributed by atoms with Crippen molar-refractivity contribution in [2.45, 2.75) is 12.8 Å². The highest BCUT2D eigenvalue weighted by Crippen LogP contribution is 2.35. The minimum atomic E-state index is -0.906. The minimum absolute atomic E-state index is 0.0607. The topological polar surface area (TPSA) is 48.4 Å². The molecular weight excluding hydrogens is 452 g/mol. The van der Waals surface area contributed by atoms with Gasteiger partial charge in [0.25, 0.3) is 0 Å². The number of likely N-dealkylation sites (tertiary alicyclic amines) is 1. The number of halogens is 3. The number of nitrogens with zero attached hydrogens (tertiary/aromatic N) is 2. The fraction of sp³-hybridized carbons (Fsp3) is 0.261. The van der Waals surface area contributed by atoms with Crippen molar-refractivity contribution in [1.82, 2.24) is 9.88 Å². The maximum Gasteiger partial charge on any atom is 0.166 e. The molecule has 2 heterocycles. The van der Waals surface area contributed by atoms with Gasteiger partial charge < -0.3 is 15.3 Å². The highest BCUT2D eigenvalue weighted by molar-refractivity contribution is 9.10. The number of aromatic nitrogens is 1. The average molecular weight is 474 g/mol. The van der Waals surface area contributed by atoms with Gasteiger partial charge in [0.15, 0.2) is 11.6 Å². The van der Waals surface area contributed by atoms with Crippen molar-refractivity contribution in [1.29, 1.82) is 0 Å². The molecular formula is C23H22BrF2N3O. The molecule has 0 aliphatic carbocycles. The van der Waals surface area contributed by atoms with E-state index in [4.69, 9.17) is 0 Å². The molecule has 4 nitrogen and oxygen atoms in total. The number of benzene rings is 2. The average Bonchev–Trinajstić information content (AvgIpc) is 3.25. The van der Waals surface area contributed by atoms with E-state index in [0.29, 0.717) is 29.2 Å². The van der Waals surface area contributed by atoms with Gasteiger partial charge in [0, 0.05) is 28.7 Å². The van der Waals surface area contributed by atoms with Crippen molar-refractivity contribution in [3.63, 3.8) is 0 Å². The number of rotatable bonds is 6. The molecule has 0 saturated carbocycles. The van der Waals surface area contributed by atoms with Crippen LogP contribution in [0, 0.1) is 11.6 Å². The summed E-state index contributed by atoms with van der Waals surface area (Å²) in [6.07, 6.45) is 2.44. The summed E-state index contributed by atoms with van der Waals surface area (Å²) in [6.45, 7) is 3.77. The Morgan fingerprint density at radius 3 is 2.63 bits per heavy atom. The predicted molar refractivity (Wildman–Crippen MR) is 119 cm³/mol.